The first kappa shape index (κ1) is 11.6. The van der Waals surface area contributed by atoms with Gasteiger partial charge in [0.2, 0.25) is 0 Å². The summed E-state index contributed by atoms with van der Waals surface area (Å²) in [4.78, 5) is 15.0. The molecule has 0 saturated carbocycles. The monoisotopic (exact) mass is 214 g/mol. The molecule has 0 radical (unpaired) electrons. The fourth-order valence-corrected chi connectivity index (χ4v) is 0.830. The molecule has 0 fully saturated rings. The molecule has 15 heavy (non-hydrogen) atoms. The predicted octanol–water partition coefficient (Wildman–Crippen LogP) is 1.17. The molecule has 0 atom stereocenters. The van der Waals surface area contributed by atoms with Gasteiger partial charge in [0.05, 0.1) is 12.7 Å². The topological polar surface area (TPSA) is 74.5 Å². The van der Waals surface area contributed by atoms with Crippen molar-refractivity contribution in [3.8, 4) is 0 Å². The van der Waals surface area contributed by atoms with Crippen LogP contribution in [0.25, 0.3) is 0 Å². The first-order valence-corrected chi connectivity index (χ1v) is 4.74. The lowest BCUT2D eigenvalue weighted by Gasteiger charge is -2.02. The van der Waals surface area contributed by atoms with E-state index in [1.165, 1.54) is 0 Å². The van der Waals surface area contributed by atoms with E-state index >= 15 is 0 Å². The van der Waals surface area contributed by atoms with Crippen molar-refractivity contribution >= 4 is 5.97 Å². The van der Waals surface area contributed by atoms with Gasteiger partial charge in [0.1, 0.15) is 6.61 Å². The van der Waals surface area contributed by atoms with Crippen LogP contribution in [0.2, 0.25) is 0 Å². The Labute approximate surface area is 87.6 Å². The highest BCUT2D eigenvalue weighted by molar-refractivity contribution is 5.84. The number of hydrogen-bond donors (Lipinski definition) is 0. The van der Waals surface area contributed by atoms with E-state index in [-0.39, 0.29) is 31.0 Å². The molecular formula is C9H14N2O4. The molecule has 84 valence electrons. The van der Waals surface area contributed by atoms with Gasteiger partial charge < -0.3 is 14.0 Å². The summed E-state index contributed by atoms with van der Waals surface area (Å²) in [6, 6.07) is 0. The Kier molecular flexibility index (Phi) is 4.23. The van der Waals surface area contributed by atoms with Crippen molar-refractivity contribution in [3.63, 3.8) is 0 Å². The molecule has 0 aliphatic carbocycles. The standard InChI is InChI=1S/C9H14N2O4/c1-4-13-9(12)8-10-7(15-11-8)5-14-6(2)3/h6H,4-5H2,1-3H3. The average molecular weight is 214 g/mol. The van der Waals surface area contributed by atoms with Gasteiger partial charge >= 0.3 is 5.97 Å². The average Bonchev–Trinajstić information content (AvgIpc) is 2.63. The first-order chi connectivity index (χ1) is 7.13. The van der Waals surface area contributed by atoms with Gasteiger partial charge in [0, 0.05) is 0 Å². The zero-order valence-corrected chi connectivity index (χ0v) is 9.02. The smallest absolute Gasteiger partial charge is 0.379 e. The van der Waals surface area contributed by atoms with Gasteiger partial charge in [0.25, 0.3) is 11.7 Å². The van der Waals surface area contributed by atoms with Gasteiger partial charge in [-0.05, 0) is 25.9 Å². The molecule has 0 aliphatic heterocycles. The van der Waals surface area contributed by atoms with E-state index in [9.17, 15) is 4.79 Å². The maximum Gasteiger partial charge on any atom is 0.379 e. The quantitative estimate of drug-likeness (QED) is 0.685. The minimum absolute atomic E-state index is 0.0702. The van der Waals surface area contributed by atoms with Crippen LogP contribution < -0.4 is 0 Å². The van der Waals surface area contributed by atoms with E-state index in [0.29, 0.717) is 0 Å². The molecular weight excluding hydrogens is 200 g/mol. The summed E-state index contributed by atoms with van der Waals surface area (Å²) in [5.74, 6) is -0.386. The Bertz CT molecular complexity index is 322. The molecule has 0 unspecified atom stereocenters. The van der Waals surface area contributed by atoms with Gasteiger partial charge in [0.15, 0.2) is 0 Å². The van der Waals surface area contributed by atoms with Crippen LogP contribution in [0.5, 0.6) is 0 Å². The van der Waals surface area contributed by atoms with Crippen molar-refractivity contribution in [2.45, 2.75) is 33.5 Å². The van der Waals surface area contributed by atoms with E-state index in [1.807, 2.05) is 13.8 Å². The third-order valence-electron chi connectivity index (χ3n) is 1.47. The van der Waals surface area contributed by atoms with Crippen molar-refractivity contribution < 1.29 is 18.8 Å². The van der Waals surface area contributed by atoms with Gasteiger partial charge in [-0.3, -0.25) is 0 Å². The lowest BCUT2D eigenvalue weighted by molar-refractivity contribution is 0.0483. The predicted molar refractivity (Wildman–Crippen MR) is 50.2 cm³/mol. The van der Waals surface area contributed by atoms with Gasteiger partial charge in [-0.2, -0.15) is 4.98 Å². The molecule has 1 aromatic heterocycles. The Morgan fingerprint density at radius 2 is 2.27 bits per heavy atom. The van der Waals surface area contributed by atoms with Crippen molar-refractivity contribution in [1.82, 2.24) is 10.1 Å². The summed E-state index contributed by atoms with van der Waals surface area (Å²) in [6.45, 7) is 5.97. The molecule has 1 aromatic rings. The summed E-state index contributed by atoms with van der Waals surface area (Å²) in [5, 5.41) is 3.47. The molecule has 6 nitrogen and oxygen atoms in total. The zero-order valence-electron chi connectivity index (χ0n) is 9.02. The van der Waals surface area contributed by atoms with Crippen LogP contribution in [0.3, 0.4) is 0 Å². The number of aromatic nitrogens is 2. The SMILES string of the molecule is CCOC(=O)c1noc(COC(C)C)n1. The number of nitrogens with zero attached hydrogens (tertiary/aromatic N) is 2. The maximum absolute atomic E-state index is 11.1. The molecule has 1 rings (SSSR count). The number of hydrogen-bond acceptors (Lipinski definition) is 6. The maximum atomic E-state index is 11.1. The Balaban J connectivity index is 2.52. The van der Waals surface area contributed by atoms with E-state index in [0.717, 1.165) is 0 Å². The summed E-state index contributed by atoms with van der Waals surface area (Å²) >= 11 is 0. The zero-order chi connectivity index (χ0) is 11.3. The van der Waals surface area contributed by atoms with Gasteiger partial charge in [-0.15, -0.1) is 0 Å². The van der Waals surface area contributed by atoms with Crippen molar-refractivity contribution in [2.75, 3.05) is 6.61 Å². The van der Waals surface area contributed by atoms with E-state index < -0.39 is 5.97 Å². The number of esters is 1. The molecule has 0 aliphatic rings. The Hall–Kier alpha value is -1.43. The molecule has 0 spiro atoms. The van der Waals surface area contributed by atoms with Crippen LogP contribution in [0.4, 0.5) is 0 Å². The normalized spacial score (nSPS) is 10.7. The Morgan fingerprint density at radius 1 is 1.53 bits per heavy atom. The highest BCUT2D eigenvalue weighted by atomic mass is 16.5. The van der Waals surface area contributed by atoms with E-state index in [2.05, 4.69) is 10.1 Å². The summed E-state index contributed by atoms with van der Waals surface area (Å²) in [7, 11) is 0. The molecule has 1 heterocycles. The van der Waals surface area contributed by atoms with Gasteiger partial charge in [-0.1, -0.05) is 0 Å². The van der Waals surface area contributed by atoms with Crippen molar-refractivity contribution in [3.05, 3.63) is 11.7 Å². The third kappa shape index (κ3) is 3.67. The fourth-order valence-electron chi connectivity index (χ4n) is 0.830. The van der Waals surface area contributed by atoms with Crippen LogP contribution in [-0.4, -0.2) is 28.8 Å². The second-order valence-electron chi connectivity index (χ2n) is 3.09. The minimum Gasteiger partial charge on any atom is -0.460 e. The lowest BCUT2D eigenvalue weighted by Crippen LogP contribution is -2.07. The number of rotatable bonds is 5. The number of carbonyl (C=O) groups is 1. The van der Waals surface area contributed by atoms with Crippen LogP contribution in [0.1, 0.15) is 37.3 Å². The largest absolute Gasteiger partial charge is 0.460 e. The summed E-state index contributed by atoms with van der Waals surface area (Å²) in [5.41, 5.74) is 0. The fraction of sp³-hybridized carbons (Fsp3) is 0.667. The summed E-state index contributed by atoms with van der Waals surface area (Å²) in [6.07, 6.45) is 0.0722. The second-order valence-corrected chi connectivity index (χ2v) is 3.09. The lowest BCUT2D eigenvalue weighted by atomic mass is 10.5. The van der Waals surface area contributed by atoms with E-state index in [4.69, 9.17) is 14.0 Å². The van der Waals surface area contributed by atoms with Crippen LogP contribution in [0.15, 0.2) is 4.52 Å². The number of carbonyl (C=O) groups excluding carboxylic acids is 1. The first-order valence-electron chi connectivity index (χ1n) is 4.74. The van der Waals surface area contributed by atoms with Gasteiger partial charge in [-0.25, -0.2) is 4.79 Å². The Morgan fingerprint density at radius 3 is 2.87 bits per heavy atom. The van der Waals surface area contributed by atoms with Crippen LogP contribution in [-0.2, 0) is 16.1 Å². The van der Waals surface area contributed by atoms with E-state index in [1.54, 1.807) is 6.92 Å². The second kappa shape index (κ2) is 5.45. The third-order valence-corrected chi connectivity index (χ3v) is 1.47. The highest BCUT2D eigenvalue weighted by Gasteiger charge is 2.15. The molecule has 0 amide bonds. The minimum atomic E-state index is -0.586. The molecule has 6 heteroatoms. The van der Waals surface area contributed by atoms with Crippen molar-refractivity contribution in [1.29, 1.82) is 0 Å². The van der Waals surface area contributed by atoms with Crippen LogP contribution >= 0.6 is 0 Å². The molecule has 0 bridgehead atoms. The molecule has 0 N–H and O–H groups in total. The van der Waals surface area contributed by atoms with Crippen LogP contribution in [0, 0.1) is 0 Å². The highest BCUT2D eigenvalue weighted by Crippen LogP contribution is 2.02. The summed E-state index contributed by atoms with van der Waals surface area (Å²) < 4.78 is 14.7. The molecule has 0 saturated heterocycles. The van der Waals surface area contributed by atoms with Crippen molar-refractivity contribution in [2.24, 2.45) is 0 Å². The number of ether oxygens (including phenoxy) is 2. The molecule has 0 aromatic carbocycles.